The third-order valence-electron chi connectivity index (χ3n) is 0.631. The van der Waals surface area contributed by atoms with Crippen LogP contribution >= 0.6 is 15.5 Å². The van der Waals surface area contributed by atoms with E-state index in [4.69, 9.17) is 19.2 Å². The Kier molecular flexibility index (Phi) is 7.86. The molecule has 11 heteroatoms. The van der Waals surface area contributed by atoms with Crippen LogP contribution in [0.5, 0.6) is 0 Å². The summed E-state index contributed by atoms with van der Waals surface area (Å²) in [7, 11) is -6.65. The molecule has 0 saturated heterocycles. The second-order valence-electron chi connectivity index (χ2n) is 2.06. The molecule has 0 radical (unpaired) electrons. The summed E-state index contributed by atoms with van der Waals surface area (Å²) >= 11 is 0. The van der Waals surface area contributed by atoms with E-state index >= 15 is 0 Å². The quantitative estimate of drug-likeness (QED) is 0.315. The Morgan fingerprint density at radius 1 is 1.21 bits per heavy atom. The molecule has 0 aliphatic carbocycles. The summed E-state index contributed by atoms with van der Waals surface area (Å²) in [5.74, 6) is 0. The Morgan fingerprint density at radius 2 is 1.50 bits per heavy atom. The fourth-order valence-corrected chi connectivity index (χ4v) is 0.767. The van der Waals surface area contributed by atoms with Crippen LogP contribution in [0.4, 0.5) is 0 Å². The summed E-state index contributed by atoms with van der Waals surface area (Å²) in [5, 5.41) is 0. The van der Waals surface area contributed by atoms with Gasteiger partial charge >= 0.3 is 15.5 Å². The van der Waals surface area contributed by atoms with E-state index in [2.05, 4.69) is 20.3 Å². The Hall–Kier alpha value is 0.180. The highest BCUT2D eigenvalue weighted by atomic mass is 31.2. The molecule has 0 aromatic heterocycles. The molecule has 0 spiro atoms. The maximum atomic E-state index is 10.2. The summed E-state index contributed by atoms with van der Waals surface area (Å²) in [5.41, 5.74) is 8.64. The van der Waals surface area contributed by atoms with Crippen LogP contribution in [0.2, 0.25) is 0 Å². The lowest BCUT2D eigenvalue weighted by Crippen LogP contribution is -2.11. The molecule has 0 aromatic rings. The lowest BCUT2D eigenvalue weighted by Gasteiger charge is -2.11. The molecule has 0 fully saturated rings. The van der Waals surface area contributed by atoms with Gasteiger partial charge in [0.1, 0.15) is 0 Å². The van der Waals surface area contributed by atoms with Crippen LogP contribution < -0.4 is 11.0 Å². The van der Waals surface area contributed by atoms with E-state index in [0.29, 0.717) is 0 Å². The number of nitrogens with two attached hydrogens (primary N) is 2. The predicted octanol–water partition coefficient (Wildman–Crippen LogP) is -0.908. The summed E-state index contributed by atoms with van der Waals surface area (Å²) in [4.78, 5) is 23.2. The minimum Gasteiger partial charge on any atom is -0.356 e. The summed E-state index contributed by atoms with van der Waals surface area (Å²) in [6.07, 6.45) is -0.745. The maximum Gasteiger partial charge on any atom is 0.402 e. The summed E-state index contributed by atoms with van der Waals surface area (Å²) in [6.45, 7) is 1.47. The standard InChI is InChI=1S/C3H10NO4P.H4NO3P/c1-3(7-2)8-9(4,5)6;1-5(2,3)4/h3H,1-2H3,(H3,4,5,6);(H4,1,2,3,4). The number of rotatable bonds is 3. The van der Waals surface area contributed by atoms with Crippen molar-refractivity contribution in [1.82, 2.24) is 0 Å². The fraction of sp³-hybridized carbons (Fsp3) is 1.00. The molecule has 0 bridgehead atoms. The number of ether oxygens (including phenoxy) is 1. The van der Waals surface area contributed by atoms with E-state index in [9.17, 15) is 4.57 Å². The van der Waals surface area contributed by atoms with Gasteiger partial charge < -0.3 is 19.4 Å². The first kappa shape index (κ1) is 16.6. The zero-order chi connectivity index (χ0) is 12.0. The van der Waals surface area contributed by atoms with E-state index in [1.54, 1.807) is 0 Å². The third-order valence-corrected chi connectivity index (χ3v) is 1.23. The van der Waals surface area contributed by atoms with Crippen molar-refractivity contribution in [3.05, 3.63) is 0 Å². The minimum absolute atomic E-state index is 0.745. The molecule has 2 atom stereocenters. The van der Waals surface area contributed by atoms with Crippen LogP contribution in [-0.2, 0) is 18.4 Å². The number of methoxy groups -OCH3 is 1. The van der Waals surface area contributed by atoms with Crippen LogP contribution in [0.25, 0.3) is 0 Å². The molecule has 0 aromatic carbocycles. The highest BCUT2D eigenvalue weighted by Gasteiger charge is 2.15. The first-order valence-electron chi connectivity index (χ1n) is 3.12. The minimum atomic E-state index is -4.14. The van der Waals surface area contributed by atoms with Crippen molar-refractivity contribution in [1.29, 1.82) is 0 Å². The molecule has 0 rings (SSSR count). The van der Waals surface area contributed by atoms with Crippen LogP contribution in [0.15, 0.2) is 0 Å². The molecule has 0 aliphatic rings. The molecule has 9 nitrogen and oxygen atoms in total. The Balaban J connectivity index is 0. The normalized spacial score (nSPS) is 17.6. The van der Waals surface area contributed by atoms with Crippen LogP contribution in [0.1, 0.15) is 6.92 Å². The van der Waals surface area contributed by atoms with E-state index in [-0.39, 0.29) is 0 Å². The smallest absolute Gasteiger partial charge is 0.356 e. The van der Waals surface area contributed by atoms with Gasteiger partial charge in [-0.2, -0.15) is 0 Å². The van der Waals surface area contributed by atoms with Crippen LogP contribution in [-0.4, -0.2) is 28.1 Å². The highest BCUT2D eigenvalue weighted by molar-refractivity contribution is 7.50. The van der Waals surface area contributed by atoms with E-state index < -0.39 is 21.8 Å². The first-order chi connectivity index (χ1) is 5.95. The van der Waals surface area contributed by atoms with Crippen molar-refractivity contribution in [2.24, 2.45) is 11.0 Å². The Labute approximate surface area is 80.8 Å². The molecular formula is C3H14N2O7P2. The number of hydrogen-bond donors (Lipinski definition) is 5. The monoisotopic (exact) mass is 252 g/mol. The fourth-order valence-electron chi connectivity index (χ4n) is 0.256. The van der Waals surface area contributed by atoms with Gasteiger partial charge in [-0.1, -0.05) is 0 Å². The van der Waals surface area contributed by atoms with Crippen molar-refractivity contribution in [2.45, 2.75) is 13.2 Å². The second kappa shape index (κ2) is 6.62. The molecule has 2 unspecified atom stereocenters. The Bertz CT molecular complexity index is 225. The average molecular weight is 252 g/mol. The molecule has 0 aliphatic heterocycles. The molecule has 0 saturated carbocycles. The zero-order valence-corrected chi connectivity index (χ0v) is 9.39. The number of hydrogen-bond acceptors (Lipinski definition) is 4. The molecular weight excluding hydrogens is 238 g/mol. The van der Waals surface area contributed by atoms with Gasteiger partial charge in [-0.05, 0) is 6.92 Å². The van der Waals surface area contributed by atoms with Gasteiger partial charge in [0, 0.05) is 7.11 Å². The molecule has 88 valence electrons. The average Bonchev–Trinajstić information content (AvgIpc) is 1.79. The van der Waals surface area contributed by atoms with E-state index in [1.807, 2.05) is 0 Å². The van der Waals surface area contributed by atoms with Crippen molar-refractivity contribution in [3.63, 3.8) is 0 Å². The molecule has 14 heavy (non-hydrogen) atoms. The molecule has 0 amide bonds. The lowest BCUT2D eigenvalue weighted by atomic mass is 10.8. The van der Waals surface area contributed by atoms with Crippen molar-refractivity contribution < 1.29 is 33.1 Å². The topological polar surface area (TPSA) is 165 Å². The lowest BCUT2D eigenvalue weighted by molar-refractivity contribution is -0.0439. The predicted molar refractivity (Wildman–Crippen MR) is 47.8 cm³/mol. The van der Waals surface area contributed by atoms with Gasteiger partial charge in [0.05, 0.1) is 0 Å². The highest BCUT2D eigenvalue weighted by Crippen LogP contribution is 2.32. The van der Waals surface area contributed by atoms with Crippen LogP contribution in [0, 0.1) is 0 Å². The van der Waals surface area contributed by atoms with Crippen LogP contribution in [0.3, 0.4) is 0 Å². The molecule has 0 heterocycles. The summed E-state index contributed by atoms with van der Waals surface area (Å²) < 4.78 is 28.1. The van der Waals surface area contributed by atoms with E-state index in [0.717, 1.165) is 0 Å². The third kappa shape index (κ3) is 29.5. The van der Waals surface area contributed by atoms with Crippen molar-refractivity contribution in [2.75, 3.05) is 7.11 Å². The van der Waals surface area contributed by atoms with Gasteiger partial charge in [-0.15, -0.1) is 0 Å². The maximum absolute atomic E-state index is 10.2. The SMILES string of the molecule is COC(C)OP(N)(=O)O.NP(=O)(O)O. The van der Waals surface area contributed by atoms with Gasteiger partial charge in [0.25, 0.3) is 0 Å². The van der Waals surface area contributed by atoms with Crippen molar-refractivity contribution in [3.8, 4) is 0 Å². The van der Waals surface area contributed by atoms with Gasteiger partial charge in [-0.25, -0.2) is 20.1 Å². The van der Waals surface area contributed by atoms with Crippen molar-refractivity contribution >= 4 is 15.5 Å². The largest absolute Gasteiger partial charge is 0.402 e. The molecule has 7 N–H and O–H groups in total. The summed E-state index contributed by atoms with van der Waals surface area (Å²) in [6, 6.07) is 0. The zero-order valence-electron chi connectivity index (χ0n) is 7.60. The first-order valence-corrected chi connectivity index (χ1v) is 6.45. The second-order valence-corrected chi connectivity index (χ2v) is 4.58. The van der Waals surface area contributed by atoms with E-state index in [1.165, 1.54) is 14.0 Å². The Morgan fingerprint density at radius 3 is 1.57 bits per heavy atom. The van der Waals surface area contributed by atoms with Gasteiger partial charge in [0.2, 0.25) is 0 Å². The van der Waals surface area contributed by atoms with Gasteiger partial charge in [0.15, 0.2) is 6.29 Å². The van der Waals surface area contributed by atoms with Gasteiger partial charge in [-0.3, -0.25) is 4.52 Å².